The number of amides is 1. The number of rotatable bonds is 9. The van der Waals surface area contributed by atoms with Gasteiger partial charge in [-0.25, -0.2) is 0 Å². The maximum Gasteiger partial charge on any atom is 0.251 e. The Morgan fingerprint density at radius 2 is 1.56 bits per heavy atom. The molecule has 0 atom stereocenters. The van der Waals surface area contributed by atoms with E-state index in [4.69, 9.17) is 14.2 Å². The van der Waals surface area contributed by atoms with Gasteiger partial charge in [-0.15, -0.1) is 0 Å². The Morgan fingerprint density at radius 1 is 0.963 bits per heavy atom. The van der Waals surface area contributed by atoms with Crippen molar-refractivity contribution in [2.45, 2.75) is 32.6 Å². The van der Waals surface area contributed by atoms with Crippen LogP contribution in [0.15, 0.2) is 36.4 Å². The Hall–Kier alpha value is -2.69. The summed E-state index contributed by atoms with van der Waals surface area (Å²) in [6.07, 6.45) is 1.80. The summed E-state index contributed by atoms with van der Waals surface area (Å²) in [7, 11) is 4.60. The Bertz CT molecular complexity index is 728. The molecule has 0 fully saturated rings. The van der Waals surface area contributed by atoms with E-state index >= 15 is 0 Å². The van der Waals surface area contributed by atoms with Crippen LogP contribution in [0.3, 0.4) is 0 Å². The highest BCUT2D eigenvalue weighted by Crippen LogP contribution is 2.38. The minimum Gasteiger partial charge on any atom is -0.493 e. The van der Waals surface area contributed by atoms with Crippen LogP contribution >= 0.6 is 0 Å². The summed E-state index contributed by atoms with van der Waals surface area (Å²) in [6, 6.07) is 12.0. The van der Waals surface area contributed by atoms with E-state index in [-0.39, 0.29) is 5.91 Å². The molecular weight excluding hydrogens is 342 g/mol. The molecule has 0 saturated carbocycles. The summed E-state index contributed by atoms with van der Waals surface area (Å²) in [5, 5.41) is 2.95. The van der Waals surface area contributed by atoms with Gasteiger partial charge in [0.15, 0.2) is 11.5 Å². The van der Waals surface area contributed by atoms with E-state index in [0.717, 1.165) is 12.8 Å². The van der Waals surface area contributed by atoms with Crippen LogP contribution in [0.5, 0.6) is 17.2 Å². The molecule has 0 aromatic heterocycles. The van der Waals surface area contributed by atoms with Gasteiger partial charge in [-0.2, -0.15) is 0 Å². The van der Waals surface area contributed by atoms with Crippen LogP contribution in [-0.4, -0.2) is 33.8 Å². The van der Waals surface area contributed by atoms with Crippen molar-refractivity contribution < 1.29 is 19.0 Å². The van der Waals surface area contributed by atoms with Crippen molar-refractivity contribution >= 4 is 5.91 Å². The maximum absolute atomic E-state index is 12.4. The standard InChI is InChI=1S/C22H29NO4/c1-15(2)17-10-8-16(9-11-17)7-6-12-23-22(24)18-13-19(25-3)21(27-5)20(14-18)26-4/h8-11,13-15H,6-7,12H2,1-5H3,(H,23,24). The van der Waals surface area contributed by atoms with Crippen LogP contribution < -0.4 is 19.5 Å². The molecule has 1 amide bonds. The van der Waals surface area contributed by atoms with Gasteiger partial charge in [-0.3, -0.25) is 4.79 Å². The zero-order chi connectivity index (χ0) is 19.8. The van der Waals surface area contributed by atoms with Gasteiger partial charge in [0.25, 0.3) is 5.91 Å². The van der Waals surface area contributed by atoms with Crippen molar-refractivity contribution in [3.63, 3.8) is 0 Å². The van der Waals surface area contributed by atoms with Gasteiger partial charge in [0, 0.05) is 12.1 Å². The first-order valence-electron chi connectivity index (χ1n) is 9.17. The number of carbonyl (C=O) groups excluding carboxylic acids is 1. The second-order valence-electron chi connectivity index (χ2n) is 6.67. The Morgan fingerprint density at radius 3 is 2.04 bits per heavy atom. The normalized spacial score (nSPS) is 10.6. The lowest BCUT2D eigenvalue weighted by molar-refractivity contribution is 0.0952. The van der Waals surface area contributed by atoms with Gasteiger partial charge in [0.1, 0.15) is 0 Å². The summed E-state index contributed by atoms with van der Waals surface area (Å²) < 4.78 is 15.9. The van der Waals surface area contributed by atoms with E-state index in [1.54, 1.807) is 12.1 Å². The fraction of sp³-hybridized carbons (Fsp3) is 0.409. The number of methoxy groups -OCH3 is 3. The highest BCUT2D eigenvalue weighted by Gasteiger charge is 2.16. The molecule has 0 aliphatic carbocycles. The molecule has 27 heavy (non-hydrogen) atoms. The third-order valence-corrected chi connectivity index (χ3v) is 4.50. The quantitative estimate of drug-likeness (QED) is 0.671. The molecule has 2 aromatic carbocycles. The molecule has 2 aromatic rings. The summed E-state index contributed by atoms with van der Waals surface area (Å²) in [5.41, 5.74) is 3.10. The van der Waals surface area contributed by atoms with Crippen LogP contribution in [0, 0.1) is 0 Å². The van der Waals surface area contributed by atoms with Crippen molar-refractivity contribution in [2.75, 3.05) is 27.9 Å². The third kappa shape index (κ3) is 5.39. The molecule has 5 nitrogen and oxygen atoms in total. The Kier molecular flexibility index (Phi) is 7.53. The lowest BCUT2D eigenvalue weighted by Gasteiger charge is -2.14. The van der Waals surface area contributed by atoms with Crippen LogP contribution in [0.1, 0.15) is 47.7 Å². The van der Waals surface area contributed by atoms with Gasteiger partial charge in [-0.05, 0) is 42.0 Å². The summed E-state index contributed by atoms with van der Waals surface area (Å²) >= 11 is 0. The second-order valence-corrected chi connectivity index (χ2v) is 6.67. The number of hydrogen-bond acceptors (Lipinski definition) is 4. The first kappa shape index (κ1) is 20.6. The topological polar surface area (TPSA) is 56.8 Å². The fourth-order valence-corrected chi connectivity index (χ4v) is 2.88. The first-order valence-corrected chi connectivity index (χ1v) is 9.17. The number of carbonyl (C=O) groups is 1. The monoisotopic (exact) mass is 371 g/mol. The van der Waals surface area contributed by atoms with Gasteiger partial charge < -0.3 is 19.5 Å². The smallest absolute Gasteiger partial charge is 0.251 e. The molecule has 0 aliphatic heterocycles. The third-order valence-electron chi connectivity index (χ3n) is 4.50. The predicted molar refractivity (Wildman–Crippen MR) is 107 cm³/mol. The number of benzene rings is 2. The molecular formula is C22H29NO4. The average molecular weight is 371 g/mol. The number of ether oxygens (including phenoxy) is 3. The SMILES string of the molecule is COc1cc(C(=O)NCCCc2ccc(C(C)C)cc2)cc(OC)c1OC. The van der Waals surface area contributed by atoms with Crippen molar-refractivity contribution in [1.82, 2.24) is 5.32 Å². The fourth-order valence-electron chi connectivity index (χ4n) is 2.88. The molecule has 5 heteroatoms. The molecule has 0 radical (unpaired) electrons. The molecule has 146 valence electrons. The van der Waals surface area contributed by atoms with Crippen LogP contribution in [0.25, 0.3) is 0 Å². The molecule has 0 spiro atoms. The molecule has 0 unspecified atom stereocenters. The first-order chi connectivity index (χ1) is 13.0. The van der Waals surface area contributed by atoms with Gasteiger partial charge in [0.2, 0.25) is 5.75 Å². The Labute approximate surface area is 161 Å². The number of nitrogens with one attached hydrogen (secondary N) is 1. The summed E-state index contributed by atoms with van der Waals surface area (Å²) in [4.78, 5) is 12.4. The highest BCUT2D eigenvalue weighted by atomic mass is 16.5. The van der Waals surface area contributed by atoms with Crippen molar-refractivity contribution in [3.8, 4) is 17.2 Å². The summed E-state index contributed by atoms with van der Waals surface area (Å²) in [5.74, 6) is 1.78. The van der Waals surface area contributed by atoms with Crippen LogP contribution in [0.2, 0.25) is 0 Å². The minimum absolute atomic E-state index is 0.163. The lowest BCUT2D eigenvalue weighted by Crippen LogP contribution is -2.24. The van der Waals surface area contributed by atoms with Gasteiger partial charge in [0.05, 0.1) is 21.3 Å². The lowest BCUT2D eigenvalue weighted by atomic mass is 10.0. The van der Waals surface area contributed by atoms with Crippen molar-refractivity contribution in [2.24, 2.45) is 0 Å². The zero-order valence-corrected chi connectivity index (χ0v) is 16.8. The molecule has 0 bridgehead atoms. The largest absolute Gasteiger partial charge is 0.493 e. The van der Waals surface area contributed by atoms with Gasteiger partial charge >= 0.3 is 0 Å². The Balaban J connectivity index is 1.92. The van der Waals surface area contributed by atoms with Gasteiger partial charge in [-0.1, -0.05) is 38.1 Å². The van der Waals surface area contributed by atoms with Crippen molar-refractivity contribution in [1.29, 1.82) is 0 Å². The predicted octanol–water partition coefficient (Wildman–Crippen LogP) is 4.20. The zero-order valence-electron chi connectivity index (χ0n) is 16.8. The number of aryl methyl sites for hydroxylation is 1. The van der Waals surface area contributed by atoms with E-state index in [0.29, 0.717) is 35.3 Å². The number of hydrogen-bond donors (Lipinski definition) is 1. The summed E-state index contributed by atoms with van der Waals surface area (Å²) in [6.45, 7) is 4.98. The maximum atomic E-state index is 12.4. The average Bonchev–Trinajstić information content (AvgIpc) is 2.70. The van der Waals surface area contributed by atoms with E-state index in [1.165, 1.54) is 32.5 Å². The molecule has 0 saturated heterocycles. The molecule has 1 N–H and O–H groups in total. The van der Waals surface area contributed by atoms with E-state index in [9.17, 15) is 4.79 Å². The van der Waals surface area contributed by atoms with Crippen LogP contribution in [-0.2, 0) is 6.42 Å². The molecule has 0 aliphatic rings. The highest BCUT2D eigenvalue weighted by molar-refractivity contribution is 5.95. The minimum atomic E-state index is -0.163. The molecule has 0 heterocycles. The van der Waals surface area contributed by atoms with E-state index in [1.807, 2.05) is 0 Å². The molecule has 2 rings (SSSR count). The second kappa shape index (κ2) is 9.86. The van der Waals surface area contributed by atoms with Crippen molar-refractivity contribution in [3.05, 3.63) is 53.1 Å². The van der Waals surface area contributed by atoms with E-state index in [2.05, 4.69) is 43.4 Å². The van der Waals surface area contributed by atoms with E-state index < -0.39 is 0 Å². The van der Waals surface area contributed by atoms with Crippen LogP contribution in [0.4, 0.5) is 0 Å².